The van der Waals surface area contributed by atoms with E-state index in [1.54, 1.807) is 22.6 Å². The van der Waals surface area contributed by atoms with E-state index in [1.807, 2.05) is 0 Å². The Kier molecular flexibility index (Phi) is 3.70. The van der Waals surface area contributed by atoms with E-state index < -0.39 is 17.4 Å². The van der Waals surface area contributed by atoms with Gasteiger partial charge >= 0.3 is 6.18 Å². The smallest absolute Gasteiger partial charge is 0.229 e. The lowest BCUT2D eigenvalue weighted by Crippen LogP contribution is -2.35. The normalized spacial score (nSPS) is 16.2. The number of hydrogen-bond donors (Lipinski definition) is 0. The molecule has 0 saturated carbocycles. The number of benzene rings is 1. The van der Waals surface area contributed by atoms with E-state index in [1.165, 1.54) is 0 Å². The van der Waals surface area contributed by atoms with Crippen LogP contribution in [0.25, 0.3) is 0 Å². The fraction of sp³-hybridized carbons (Fsp3) is 0.333. The number of hydrogen-bond acceptors (Lipinski definition) is 0. The molecule has 0 bridgehead atoms. The predicted molar refractivity (Wildman–Crippen MR) is 60.2 cm³/mol. The van der Waals surface area contributed by atoms with Gasteiger partial charge in [-0.1, -0.05) is 15.9 Å². The number of alkyl halides is 4. The van der Waals surface area contributed by atoms with Crippen LogP contribution < -0.4 is 0 Å². The summed E-state index contributed by atoms with van der Waals surface area (Å²) in [5, 5.41) is 0. The molecular formula is C9H5BrF4I. The zero-order chi connectivity index (χ0) is 11.9. The Morgan fingerprint density at radius 2 is 1.80 bits per heavy atom. The third-order valence-corrected chi connectivity index (χ3v) is 2.89. The topological polar surface area (TPSA) is 0 Å². The lowest BCUT2D eigenvalue weighted by atomic mass is 9.97. The minimum absolute atomic E-state index is 0.303. The standard InChI is InChI=1S/C9H5BrF4I/c1-8(11,9(12,13)14)5-2-6(10)4-7(15)3-5/h2-3H,1H3. The summed E-state index contributed by atoms with van der Waals surface area (Å²) >= 11 is 4.76. The third-order valence-electron chi connectivity index (χ3n) is 1.88. The summed E-state index contributed by atoms with van der Waals surface area (Å²) in [6, 6.07) is 4.91. The van der Waals surface area contributed by atoms with Crippen LogP contribution in [0.3, 0.4) is 0 Å². The van der Waals surface area contributed by atoms with E-state index in [0.717, 1.165) is 12.1 Å². The van der Waals surface area contributed by atoms with Crippen molar-refractivity contribution in [2.75, 3.05) is 0 Å². The molecule has 0 amide bonds. The molecule has 0 aliphatic heterocycles. The molecule has 1 aromatic rings. The second-order valence-electron chi connectivity index (χ2n) is 3.07. The Bertz CT molecular complexity index is 353. The molecule has 0 heterocycles. The van der Waals surface area contributed by atoms with Crippen LogP contribution in [0.1, 0.15) is 12.5 Å². The lowest BCUT2D eigenvalue weighted by Gasteiger charge is -2.24. The molecular weight excluding hydrogens is 391 g/mol. The van der Waals surface area contributed by atoms with E-state index in [0.29, 0.717) is 15.0 Å². The highest BCUT2D eigenvalue weighted by Crippen LogP contribution is 2.42. The Morgan fingerprint density at radius 1 is 1.27 bits per heavy atom. The Hall–Kier alpha value is 0.150. The quantitative estimate of drug-likeness (QED) is 0.481. The van der Waals surface area contributed by atoms with Crippen LogP contribution in [-0.2, 0) is 5.67 Å². The maximum absolute atomic E-state index is 13.5. The van der Waals surface area contributed by atoms with Crippen molar-refractivity contribution in [1.29, 1.82) is 0 Å². The number of halogens is 6. The third kappa shape index (κ3) is 2.83. The summed E-state index contributed by atoms with van der Waals surface area (Å²) in [6.07, 6.45) is -4.92. The molecule has 0 aromatic heterocycles. The molecule has 1 unspecified atom stereocenters. The first-order chi connectivity index (χ1) is 6.64. The van der Waals surface area contributed by atoms with Crippen LogP contribution in [0.4, 0.5) is 17.6 Å². The maximum atomic E-state index is 13.5. The summed E-state index contributed by atoms with van der Waals surface area (Å²) in [5.74, 6) is 0. The molecule has 1 atom stereocenters. The van der Waals surface area contributed by atoms with Gasteiger partial charge in [-0.3, -0.25) is 0 Å². The van der Waals surface area contributed by atoms with Gasteiger partial charge in [0.15, 0.2) is 0 Å². The molecule has 83 valence electrons. The minimum atomic E-state index is -4.92. The average Bonchev–Trinajstić information content (AvgIpc) is 1.99. The van der Waals surface area contributed by atoms with Crippen molar-refractivity contribution in [3.8, 4) is 0 Å². The first-order valence-electron chi connectivity index (χ1n) is 3.79. The highest BCUT2D eigenvalue weighted by molar-refractivity contribution is 14.1. The Labute approximate surface area is 106 Å². The van der Waals surface area contributed by atoms with Crippen molar-refractivity contribution in [2.45, 2.75) is 18.8 Å². The summed E-state index contributed by atoms with van der Waals surface area (Å²) in [7, 11) is 0. The second kappa shape index (κ2) is 4.20. The van der Waals surface area contributed by atoms with Crippen molar-refractivity contribution < 1.29 is 17.6 Å². The summed E-state index contributed by atoms with van der Waals surface area (Å²) in [4.78, 5) is 0. The molecule has 0 saturated heterocycles. The SMILES string of the molecule is CC(F)(c1cc(Br)[c]c(I)c1)C(F)(F)F. The Balaban J connectivity index is 3.27. The van der Waals surface area contributed by atoms with E-state index in [9.17, 15) is 17.6 Å². The molecule has 0 aliphatic rings. The molecule has 0 spiro atoms. The molecule has 1 rings (SSSR count). The molecule has 1 aromatic carbocycles. The van der Waals surface area contributed by atoms with Crippen molar-refractivity contribution in [3.05, 3.63) is 31.8 Å². The van der Waals surface area contributed by atoms with Gasteiger partial charge in [0.05, 0.1) is 0 Å². The van der Waals surface area contributed by atoms with Gasteiger partial charge < -0.3 is 0 Å². The van der Waals surface area contributed by atoms with Gasteiger partial charge in [0.2, 0.25) is 5.67 Å². The van der Waals surface area contributed by atoms with Gasteiger partial charge in [0, 0.05) is 19.7 Å². The fourth-order valence-corrected chi connectivity index (χ4v) is 2.39. The van der Waals surface area contributed by atoms with Crippen LogP contribution in [-0.4, -0.2) is 6.18 Å². The van der Waals surface area contributed by atoms with Crippen molar-refractivity contribution in [3.63, 3.8) is 0 Å². The van der Waals surface area contributed by atoms with Crippen molar-refractivity contribution >= 4 is 38.5 Å². The summed E-state index contributed by atoms with van der Waals surface area (Å²) in [5.41, 5.74) is -3.77. The summed E-state index contributed by atoms with van der Waals surface area (Å²) < 4.78 is 51.4. The monoisotopic (exact) mass is 395 g/mol. The van der Waals surface area contributed by atoms with E-state index in [4.69, 9.17) is 0 Å². The molecule has 0 N–H and O–H groups in total. The van der Waals surface area contributed by atoms with Gasteiger partial charge in [0.1, 0.15) is 0 Å². The largest absolute Gasteiger partial charge is 0.426 e. The highest BCUT2D eigenvalue weighted by atomic mass is 127. The van der Waals surface area contributed by atoms with Gasteiger partial charge in [-0.15, -0.1) is 0 Å². The van der Waals surface area contributed by atoms with Crippen LogP contribution in [0.5, 0.6) is 0 Å². The van der Waals surface area contributed by atoms with Crippen molar-refractivity contribution in [1.82, 2.24) is 0 Å². The molecule has 1 radical (unpaired) electrons. The predicted octanol–water partition coefficient (Wildman–Crippen LogP) is 4.60. The molecule has 15 heavy (non-hydrogen) atoms. The zero-order valence-corrected chi connectivity index (χ0v) is 11.2. The molecule has 0 nitrogen and oxygen atoms in total. The van der Waals surface area contributed by atoms with Gasteiger partial charge in [-0.05, 0) is 41.6 Å². The first kappa shape index (κ1) is 13.2. The fourth-order valence-electron chi connectivity index (χ4n) is 0.936. The van der Waals surface area contributed by atoms with Gasteiger partial charge in [0.25, 0.3) is 0 Å². The summed E-state index contributed by atoms with van der Waals surface area (Å²) in [6.45, 7) is 0.505. The van der Waals surface area contributed by atoms with E-state index in [-0.39, 0.29) is 0 Å². The average molecular weight is 396 g/mol. The number of rotatable bonds is 1. The van der Waals surface area contributed by atoms with E-state index in [2.05, 4.69) is 22.0 Å². The minimum Gasteiger partial charge on any atom is -0.229 e. The maximum Gasteiger partial charge on any atom is 0.426 e. The highest BCUT2D eigenvalue weighted by Gasteiger charge is 2.53. The first-order valence-corrected chi connectivity index (χ1v) is 5.66. The lowest BCUT2D eigenvalue weighted by molar-refractivity contribution is -0.228. The molecule has 0 aliphatic carbocycles. The zero-order valence-electron chi connectivity index (χ0n) is 7.42. The Morgan fingerprint density at radius 3 is 2.20 bits per heavy atom. The van der Waals surface area contributed by atoms with Crippen LogP contribution in [0.15, 0.2) is 16.6 Å². The second-order valence-corrected chi connectivity index (χ2v) is 5.08. The van der Waals surface area contributed by atoms with Gasteiger partial charge in [-0.25, -0.2) is 4.39 Å². The molecule has 0 fully saturated rings. The van der Waals surface area contributed by atoms with Gasteiger partial charge in [-0.2, -0.15) is 13.2 Å². The van der Waals surface area contributed by atoms with E-state index >= 15 is 0 Å². The van der Waals surface area contributed by atoms with Crippen LogP contribution >= 0.6 is 38.5 Å². The van der Waals surface area contributed by atoms with Crippen molar-refractivity contribution in [2.24, 2.45) is 0 Å². The van der Waals surface area contributed by atoms with Crippen LogP contribution in [0.2, 0.25) is 0 Å². The van der Waals surface area contributed by atoms with Crippen LogP contribution in [0, 0.1) is 9.64 Å². The molecule has 6 heteroatoms.